The van der Waals surface area contributed by atoms with Gasteiger partial charge in [-0.2, -0.15) is 0 Å². The van der Waals surface area contributed by atoms with Gasteiger partial charge in [-0.3, -0.25) is 0 Å². The van der Waals surface area contributed by atoms with Crippen molar-refractivity contribution in [1.29, 1.82) is 0 Å². The zero-order valence-electron chi connectivity index (χ0n) is 14.9. The molecule has 0 spiro atoms. The lowest BCUT2D eigenvalue weighted by atomic mass is 10.1. The Hall–Kier alpha value is -2.73. The molecular weight excluding hydrogens is 344 g/mol. The van der Waals surface area contributed by atoms with Gasteiger partial charge in [-0.15, -0.1) is 10.2 Å². The second kappa shape index (κ2) is 8.10. The van der Waals surface area contributed by atoms with Crippen LogP contribution in [-0.2, 0) is 13.0 Å². The summed E-state index contributed by atoms with van der Waals surface area (Å²) in [6, 6.07) is 15.7. The van der Waals surface area contributed by atoms with Crippen molar-refractivity contribution in [3.63, 3.8) is 0 Å². The maximum absolute atomic E-state index is 10.6. The highest BCUT2D eigenvalue weighted by Crippen LogP contribution is 2.38. The van der Waals surface area contributed by atoms with E-state index in [1.165, 1.54) is 0 Å². The van der Waals surface area contributed by atoms with Crippen LogP contribution in [0.15, 0.2) is 58.8 Å². The fourth-order valence-electron chi connectivity index (χ4n) is 3.01. The number of nitrogens with one attached hydrogen (secondary N) is 1. The molecule has 26 heavy (non-hydrogen) atoms. The van der Waals surface area contributed by atoms with Crippen LogP contribution in [0.25, 0.3) is 10.9 Å². The number of rotatable bonds is 5. The van der Waals surface area contributed by atoms with Gasteiger partial charge < -0.3 is 15.0 Å². The van der Waals surface area contributed by atoms with E-state index < -0.39 is 0 Å². The summed E-state index contributed by atoms with van der Waals surface area (Å²) in [5.41, 5.74) is 3.47. The Balaban J connectivity index is 1.88. The molecule has 0 aliphatic heterocycles. The van der Waals surface area contributed by atoms with Gasteiger partial charge in [0.1, 0.15) is 0 Å². The number of aryl methyl sites for hydroxylation is 2. The number of aromatic nitrogens is 1. The highest BCUT2D eigenvalue weighted by molar-refractivity contribution is 7.80. The average molecular weight is 366 g/mol. The normalized spacial score (nSPS) is 11.3. The van der Waals surface area contributed by atoms with E-state index in [4.69, 9.17) is 12.2 Å². The molecule has 0 saturated carbocycles. The summed E-state index contributed by atoms with van der Waals surface area (Å²) >= 11 is 5.31. The number of benzene rings is 2. The first-order valence-electron chi connectivity index (χ1n) is 8.76. The van der Waals surface area contributed by atoms with Crippen molar-refractivity contribution in [3.05, 3.63) is 54.1 Å². The van der Waals surface area contributed by atoms with Crippen molar-refractivity contribution in [2.45, 2.75) is 33.2 Å². The largest absolute Gasteiger partial charge is 0.493 e. The molecule has 3 rings (SSSR count). The molecule has 0 fully saturated rings. The molecule has 1 aromatic heterocycles. The van der Waals surface area contributed by atoms with Gasteiger partial charge in [0.25, 0.3) is 0 Å². The highest BCUT2D eigenvalue weighted by Gasteiger charge is 2.15. The molecule has 0 bridgehead atoms. The lowest BCUT2D eigenvalue weighted by molar-refractivity contribution is 0.421. The number of aromatic hydroxyl groups is 1. The zero-order chi connectivity index (χ0) is 18.5. The minimum absolute atomic E-state index is 0.119. The third kappa shape index (κ3) is 3.60. The van der Waals surface area contributed by atoms with Crippen LogP contribution in [0.5, 0.6) is 5.88 Å². The lowest BCUT2D eigenvalue weighted by Crippen LogP contribution is -2.07. The van der Waals surface area contributed by atoms with Crippen molar-refractivity contribution in [2.24, 2.45) is 10.2 Å². The van der Waals surface area contributed by atoms with E-state index in [1.807, 2.05) is 53.1 Å². The predicted molar refractivity (Wildman–Crippen MR) is 110 cm³/mol. The van der Waals surface area contributed by atoms with E-state index in [0.29, 0.717) is 12.2 Å². The number of hydrogen-bond acceptors (Lipinski definition) is 3. The minimum Gasteiger partial charge on any atom is -0.493 e. The van der Waals surface area contributed by atoms with Crippen LogP contribution in [0.2, 0.25) is 0 Å². The number of thiocarbonyl (C=S) groups is 1. The van der Waals surface area contributed by atoms with Gasteiger partial charge in [0.2, 0.25) is 11.0 Å². The van der Waals surface area contributed by atoms with Crippen molar-refractivity contribution in [1.82, 2.24) is 4.57 Å². The van der Waals surface area contributed by atoms with Crippen LogP contribution >= 0.6 is 12.2 Å². The van der Waals surface area contributed by atoms with Crippen molar-refractivity contribution >= 4 is 39.6 Å². The monoisotopic (exact) mass is 366 g/mol. The van der Waals surface area contributed by atoms with Gasteiger partial charge in [0.05, 0.1) is 5.52 Å². The first-order valence-corrected chi connectivity index (χ1v) is 9.17. The lowest BCUT2D eigenvalue weighted by Gasteiger charge is -2.08. The minimum atomic E-state index is 0.119. The Morgan fingerprint density at radius 1 is 1.12 bits per heavy atom. The summed E-state index contributed by atoms with van der Waals surface area (Å²) in [6.07, 6.45) is 1.81. The van der Waals surface area contributed by atoms with E-state index in [0.717, 1.165) is 35.0 Å². The van der Waals surface area contributed by atoms with Crippen molar-refractivity contribution < 1.29 is 5.11 Å². The Labute approximate surface area is 158 Å². The number of azo groups is 1. The smallest absolute Gasteiger partial charge is 0.220 e. The maximum atomic E-state index is 10.6. The number of fused-ring (bicyclic) bond motifs is 1. The first-order chi connectivity index (χ1) is 12.7. The summed E-state index contributed by atoms with van der Waals surface area (Å²) in [5, 5.41) is 23.2. The number of nitrogens with zero attached hydrogens (tertiary/aromatic N) is 3. The molecule has 0 saturated heterocycles. The van der Waals surface area contributed by atoms with Crippen molar-refractivity contribution in [3.8, 4) is 5.88 Å². The molecule has 1 heterocycles. The molecule has 6 heteroatoms. The Bertz CT molecular complexity index is 962. The Morgan fingerprint density at radius 2 is 1.85 bits per heavy atom. The molecule has 0 amide bonds. The summed E-state index contributed by atoms with van der Waals surface area (Å²) in [6.45, 7) is 4.87. The molecule has 5 nitrogen and oxygen atoms in total. The van der Waals surface area contributed by atoms with Crippen LogP contribution < -0.4 is 5.32 Å². The predicted octanol–water partition coefficient (Wildman–Crippen LogP) is 5.80. The van der Waals surface area contributed by atoms with Crippen LogP contribution in [0, 0.1) is 0 Å². The van der Waals surface area contributed by atoms with E-state index >= 15 is 0 Å². The number of hydrogen-bond donors (Lipinski definition) is 2. The van der Waals surface area contributed by atoms with Crippen LogP contribution in [0.4, 0.5) is 11.4 Å². The Kier molecular flexibility index (Phi) is 5.63. The second-order valence-corrected chi connectivity index (χ2v) is 6.37. The van der Waals surface area contributed by atoms with Crippen molar-refractivity contribution in [2.75, 3.05) is 5.32 Å². The van der Waals surface area contributed by atoms with Gasteiger partial charge >= 0.3 is 0 Å². The average Bonchev–Trinajstić information content (AvgIpc) is 2.92. The molecule has 3 aromatic rings. The third-order valence-electron chi connectivity index (χ3n) is 4.25. The van der Waals surface area contributed by atoms with Gasteiger partial charge in [-0.25, -0.2) is 0 Å². The maximum Gasteiger partial charge on any atom is 0.220 e. The fraction of sp³-hybridized carbons (Fsp3) is 0.250. The van der Waals surface area contributed by atoms with Crippen LogP contribution in [0.3, 0.4) is 0 Å². The first kappa shape index (κ1) is 18.1. The van der Waals surface area contributed by atoms with E-state index in [-0.39, 0.29) is 11.0 Å². The zero-order valence-corrected chi connectivity index (χ0v) is 15.8. The third-order valence-corrected chi connectivity index (χ3v) is 4.43. The van der Waals surface area contributed by atoms with Gasteiger partial charge in [-0.05, 0) is 42.8 Å². The summed E-state index contributed by atoms with van der Waals surface area (Å²) in [7, 11) is 0. The number of anilines is 1. The molecule has 134 valence electrons. The van der Waals surface area contributed by atoms with Crippen LogP contribution in [-0.4, -0.2) is 14.8 Å². The topological polar surface area (TPSA) is 61.9 Å². The molecule has 0 aliphatic rings. The highest BCUT2D eigenvalue weighted by atomic mass is 32.1. The van der Waals surface area contributed by atoms with Gasteiger partial charge in [0.15, 0.2) is 5.69 Å². The standard InChI is InChI=1S/C20H22N4OS/c1-3-13-24-17-12-8-6-10-15(17)18(19(24)25)22-23-20(26)21-16-11-7-5-9-14(16)4-2/h5-12,25H,3-4,13H2,1-2H3,(H,21,26). The van der Waals surface area contributed by atoms with E-state index in [9.17, 15) is 5.11 Å². The molecule has 0 radical (unpaired) electrons. The van der Waals surface area contributed by atoms with E-state index in [1.54, 1.807) is 0 Å². The number of para-hydroxylation sites is 2. The molecule has 0 atom stereocenters. The summed E-state index contributed by atoms with van der Waals surface area (Å²) < 4.78 is 1.85. The molecule has 0 unspecified atom stereocenters. The van der Waals surface area contributed by atoms with E-state index in [2.05, 4.69) is 29.4 Å². The summed E-state index contributed by atoms with van der Waals surface area (Å²) in [5.74, 6) is 0.119. The Morgan fingerprint density at radius 3 is 2.62 bits per heavy atom. The van der Waals surface area contributed by atoms with Crippen LogP contribution in [0.1, 0.15) is 25.8 Å². The molecule has 2 aromatic carbocycles. The molecular formula is C20H22N4OS. The fourth-order valence-corrected chi connectivity index (χ4v) is 3.16. The second-order valence-electron chi connectivity index (χ2n) is 5.98. The SMILES string of the molecule is CCCn1c(O)c(N=NC(=S)Nc2ccccc2CC)c2ccccc21. The van der Waals surface area contributed by atoms with Gasteiger partial charge in [-0.1, -0.05) is 50.2 Å². The van der Waals surface area contributed by atoms with Gasteiger partial charge in [0, 0.05) is 17.6 Å². The quantitative estimate of drug-likeness (QED) is 0.443. The summed E-state index contributed by atoms with van der Waals surface area (Å²) in [4.78, 5) is 0. The molecule has 2 N–H and O–H groups in total. The molecule has 0 aliphatic carbocycles.